The zero-order valence-corrected chi connectivity index (χ0v) is 10.9. The zero-order valence-electron chi connectivity index (χ0n) is 10.9. The Morgan fingerprint density at radius 3 is 3.06 bits per heavy atom. The molecule has 2 rings (SSSR count). The second-order valence-corrected chi connectivity index (χ2v) is 4.64. The Morgan fingerprint density at radius 2 is 2.39 bits per heavy atom. The quantitative estimate of drug-likeness (QED) is 0.844. The Labute approximate surface area is 107 Å². The van der Waals surface area contributed by atoms with Crippen LogP contribution in [0.5, 0.6) is 5.75 Å². The summed E-state index contributed by atoms with van der Waals surface area (Å²) in [4.78, 5) is 2.29. The van der Waals surface area contributed by atoms with E-state index in [-0.39, 0.29) is 11.6 Å². The van der Waals surface area contributed by atoms with Crippen molar-refractivity contribution in [3.8, 4) is 5.75 Å². The fourth-order valence-electron chi connectivity index (χ4n) is 2.15. The minimum absolute atomic E-state index is 0.274. The molecule has 1 aromatic carbocycles. The molecule has 1 saturated heterocycles. The van der Waals surface area contributed by atoms with Crippen LogP contribution in [0.1, 0.15) is 0 Å². The lowest BCUT2D eigenvalue weighted by molar-refractivity contribution is 0.244. The average molecular weight is 253 g/mol. The van der Waals surface area contributed by atoms with Crippen LogP contribution >= 0.6 is 0 Å². The number of likely N-dealkylation sites (N-methyl/N-ethyl adjacent to an activating group) is 1. The molecule has 1 aliphatic heterocycles. The molecule has 1 fully saturated rings. The molecule has 1 aliphatic rings. The van der Waals surface area contributed by atoms with Crippen LogP contribution < -0.4 is 15.4 Å². The van der Waals surface area contributed by atoms with Crippen molar-refractivity contribution in [3.63, 3.8) is 0 Å². The summed E-state index contributed by atoms with van der Waals surface area (Å²) in [6.07, 6.45) is 0. The number of hydrogen-bond donors (Lipinski definition) is 2. The SMILES string of the molecule is COc1ccc(NCC2CN(C)CCN2)cc1F. The van der Waals surface area contributed by atoms with Crippen molar-refractivity contribution in [1.29, 1.82) is 0 Å². The highest BCUT2D eigenvalue weighted by molar-refractivity contribution is 5.47. The van der Waals surface area contributed by atoms with Gasteiger partial charge in [0.15, 0.2) is 11.6 Å². The van der Waals surface area contributed by atoms with Gasteiger partial charge in [-0.05, 0) is 19.2 Å². The van der Waals surface area contributed by atoms with Crippen molar-refractivity contribution in [2.75, 3.05) is 45.7 Å². The van der Waals surface area contributed by atoms with Crippen LogP contribution in [0.4, 0.5) is 10.1 Å². The van der Waals surface area contributed by atoms with Gasteiger partial charge >= 0.3 is 0 Å². The molecule has 0 aromatic heterocycles. The first-order chi connectivity index (χ1) is 8.69. The number of piperazine rings is 1. The fraction of sp³-hybridized carbons (Fsp3) is 0.538. The molecule has 1 aromatic rings. The van der Waals surface area contributed by atoms with E-state index in [9.17, 15) is 4.39 Å². The van der Waals surface area contributed by atoms with Crippen LogP contribution in [0.15, 0.2) is 18.2 Å². The summed E-state index contributed by atoms with van der Waals surface area (Å²) in [5.74, 6) is -0.0627. The van der Waals surface area contributed by atoms with Gasteiger partial charge in [-0.3, -0.25) is 0 Å². The highest BCUT2D eigenvalue weighted by Gasteiger charge is 2.15. The van der Waals surface area contributed by atoms with Gasteiger partial charge in [0.05, 0.1) is 7.11 Å². The molecule has 0 amide bonds. The summed E-state index contributed by atoms with van der Waals surface area (Å²) in [5.41, 5.74) is 0.781. The van der Waals surface area contributed by atoms with Gasteiger partial charge in [0.2, 0.25) is 0 Å². The van der Waals surface area contributed by atoms with Gasteiger partial charge in [0.25, 0.3) is 0 Å². The van der Waals surface area contributed by atoms with Gasteiger partial charge in [0.1, 0.15) is 0 Å². The van der Waals surface area contributed by atoms with Gasteiger partial charge in [-0.15, -0.1) is 0 Å². The fourth-order valence-corrected chi connectivity index (χ4v) is 2.15. The van der Waals surface area contributed by atoms with E-state index in [1.54, 1.807) is 6.07 Å². The molecule has 100 valence electrons. The number of rotatable bonds is 4. The maximum absolute atomic E-state index is 13.5. The molecule has 0 saturated carbocycles. The first kappa shape index (κ1) is 13.1. The number of benzene rings is 1. The standard InChI is InChI=1S/C13H20FN3O/c1-17-6-5-15-11(9-17)8-16-10-3-4-13(18-2)12(14)7-10/h3-4,7,11,15-16H,5-6,8-9H2,1-2H3. The molecule has 4 nitrogen and oxygen atoms in total. The maximum atomic E-state index is 13.5. The molecular formula is C13H20FN3O. The van der Waals surface area contributed by atoms with Crippen molar-refractivity contribution < 1.29 is 9.13 Å². The molecule has 1 atom stereocenters. The predicted molar refractivity (Wildman–Crippen MR) is 70.7 cm³/mol. The molecule has 0 spiro atoms. The second kappa shape index (κ2) is 6.02. The summed E-state index contributed by atoms with van der Waals surface area (Å²) in [7, 11) is 3.58. The van der Waals surface area contributed by atoms with Gasteiger partial charge < -0.3 is 20.3 Å². The molecule has 1 unspecified atom stereocenters. The van der Waals surface area contributed by atoms with Crippen LogP contribution in [0.2, 0.25) is 0 Å². The number of hydrogen-bond acceptors (Lipinski definition) is 4. The van der Waals surface area contributed by atoms with Crippen molar-refractivity contribution in [1.82, 2.24) is 10.2 Å². The highest BCUT2D eigenvalue weighted by atomic mass is 19.1. The largest absolute Gasteiger partial charge is 0.494 e. The Bertz CT molecular complexity index is 400. The van der Waals surface area contributed by atoms with Gasteiger partial charge in [-0.25, -0.2) is 4.39 Å². The van der Waals surface area contributed by atoms with Crippen molar-refractivity contribution in [2.45, 2.75) is 6.04 Å². The summed E-state index contributed by atoms with van der Waals surface area (Å²) in [6, 6.07) is 5.33. The van der Waals surface area contributed by atoms with Crippen LogP contribution in [0.25, 0.3) is 0 Å². The van der Waals surface area contributed by atoms with Crippen LogP contribution in [0.3, 0.4) is 0 Å². The van der Waals surface area contributed by atoms with Gasteiger partial charge in [-0.2, -0.15) is 0 Å². The van der Waals surface area contributed by atoms with E-state index in [0.717, 1.165) is 31.9 Å². The molecule has 5 heteroatoms. The van der Waals surface area contributed by atoms with Crippen molar-refractivity contribution in [3.05, 3.63) is 24.0 Å². The number of nitrogens with zero attached hydrogens (tertiary/aromatic N) is 1. The third-order valence-corrected chi connectivity index (χ3v) is 3.16. The molecule has 1 heterocycles. The topological polar surface area (TPSA) is 36.5 Å². The third-order valence-electron chi connectivity index (χ3n) is 3.16. The third kappa shape index (κ3) is 3.34. The first-order valence-corrected chi connectivity index (χ1v) is 6.18. The minimum Gasteiger partial charge on any atom is -0.494 e. The van der Waals surface area contributed by atoms with E-state index in [4.69, 9.17) is 4.74 Å². The average Bonchev–Trinajstić information content (AvgIpc) is 2.37. The van der Waals surface area contributed by atoms with Crippen LogP contribution in [-0.2, 0) is 0 Å². The van der Waals surface area contributed by atoms with E-state index in [2.05, 4.69) is 22.6 Å². The normalized spacial score (nSPS) is 20.7. The molecule has 18 heavy (non-hydrogen) atoms. The Hall–Kier alpha value is -1.33. The smallest absolute Gasteiger partial charge is 0.167 e. The van der Waals surface area contributed by atoms with Crippen LogP contribution in [0, 0.1) is 5.82 Å². The minimum atomic E-state index is -0.337. The van der Waals surface area contributed by atoms with E-state index in [0.29, 0.717) is 6.04 Å². The zero-order chi connectivity index (χ0) is 13.0. The van der Waals surface area contributed by atoms with E-state index in [1.165, 1.54) is 13.2 Å². The summed E-state index contributed by atoms with van der Waals surface area (Å²) < 4.78 is 18.4. The van der Waals surface area contributed by atoms with Crippen molar-refractivity contribution >= 4 is 5.69 Å². The number of ether oxygens (including phenoxy) is 1. The van der Waals surface area contributed by atoms with Gasteiger partial charge in [-0.1, -0.05) is 0 Å². The lowest BCUT2D eigenvalue weighted by Crippen LogP contribution is -2.51. The molecule has 0 bridgehead atoms. The second-order valence-electron chi connectivity index (χ2n) is 4.64. The predicted octanol–water partition coefficient (Wildman–Crippen LogP) is 1.15. The van der Waals surface area contributed by atoms with E-state index in [1.807, 2.05) is 6.07 Å². The van der Waals surface area contributed by atoms with E-state index < -0.39 is 0 Å². The number of anilines is 1. The van der Waals surface area contributed by atoms with Gasteiger partial charge in [0, 0.05) is 44.0 Å². The van der Waals surface area contributed by atoms with Crippen LogP contribution in [-0.4, -0.2) is 51.3 Å². The Kier molecular flexibility index (Phi) is 4.38. The van der Waals surface area contributed by atoms with Crippen molar-refractivity contribution in [2.24, 2.45) is 0 Å². The van der Waals surface area contributed by atoms with E-state index >= 15 is 0 Å². The number of halogens is 1. The molecule has 0 radical (unpaired) electrons. The molecular weight excluding hydrogens is 233 g/mol. The number of methoxy groups -OCH3 is 1. The summed E-state index contributed by atoms with van der Waals surface area (Å²) in [5, 5.41) is 6.68. The summed E-state index contributed by atoms with van der Waals surface area (Å²) in [6.45, 7) is 3.87. The molecule has 0 aliphatic carbocycles. The number of nitrogens with one attached hydrogen (secondary N) is 2. The Morgan fingerprint density at radius 1 is 1.56 bits per heavy atom. The lowest BCUT2D eigenvalue weighted by atomic mass is 10.2. The first-order valence-electron chi connectivity index (χ1n) is 6.18. The lowest BCUT2D eigenvalue weighted by Gasteiger charge is -2.31. The monoisotopic (exact) mass is 253 g/mol. The Balaban J connectivity index is 1.88. The highest BCUT2D eigenvalue weighted by Crippen LogP contribution is 2.20. The molecule has 2 N–H and O–H groups in total. The summed E-state index contributed by atoms with van der Waals surface area (Å²) >= 11 is 0. The maximum Gasteiger partial charge on any atom is 0.167 e.